The van der Waals surface area contributed by atoms with Gasteiger partial charge in [-0.3, -0.25) is 10.1 Å². The predicted molar refractivity (Wildman–Crippen MR) is 106 cm³/mol. The summed E-state index contributed by atoms with van der Waals surface area (Å²) in [5.74, 6) is -0.00738. The SMILES string of the molecule is CCO[C@H](CCl)[S@](=NS(=O)(=O)c1ccc(C)cc1)c1cccc([N+](=O)[O-])c1. The quantitative estimate of drug-likeness (QED) is 0.357. The number of hydrogen-bond acceptors (Lipinski definition) is 5. The molecule has 0 N–H and O–H groups in total. The maximum Gasteiger partial charge on any atom is 0.288 e. The first-order valence-corrected chi connectivity index (χ1v) is 11.2. The average molecular weight is 431 g/mol. The topological polar surface area (TPSA) is 98.9 Å². The van der Waals surface area contributed by atoms with E-state index in [2.05, 4.69) is 3.77 Å². The van der Waals surface area contributed by atoms with Crippen molar-refractivity contribution in [1.29, 1.82) is 0 Å². The molecule has 146 valence electrons. The molecule has 7 nitrogen and oxygen atoms in total. The number of benzene rings is 2. The minimum Gasteiger partial charge on any atom is -0.365 e. The molecule has 0 saturated heterocycles. The first-order valence-electron chi connectivity index (χ1n) is 7.98. The highest BCUT2D eigenvalue weighted by molar-refractivity contribution is 8.00. The number of ether oxygens (including phenoxy) is 1. The van der Waals surface area contributed by atoms with Crippen LogP contribution in [0.2, 0.25) is 0 Å². The van der Waals surface area contributed by atoms with Gasteiger partial charge in [-0.05, 0) is 42.7 Å². The molecule has 0 radical (unpaired) electrons. The third-order valence-corrected chi connectivity index (χ3v) is 7.79. The van der Waals surface area contributed by atoms with Crippen LogP contribution in [0.3, 0.4) is 0 Å². The van der Waals surface area contributed by atoms with Gasteiger partial charge in [-0.15, -0.1) is 15.4 Å². The Morgan fingerprint density at radius 3 is 2.48 bits per heavy atom. The number of alkyl halides is 1. The fourth-order valence-corrected chi connectivity index (χ4v) is 6.18. The van der Waals surface area contributed by atoms with Crippen molar-refractivity contribution in [3.8, 4) is 0 Å². The summed E-state index contributed by atoms with van der Waals surface area (Å²) >= 11 is 5.98. The van der Waals surface area contributed by atoms with E-state index in [0.29, 0.717) is 11.5 Å². The standard InChI is InChI=1S/C17H19ClN2O5S2/c1-3-25-17(12-18)26(15-6-4-5-14(11-15)20(21)22)19-27(23,24)16-9-7-13(2)8-10-16/h4-11,17H,3,12H2,1-2H3/t17-,26+/m0/s1. The Balaban J connectivity index is 2.61. The van der Waals surface area contributed by atoms with Crippen molar-refractivity contribution >= 4 is 38.0 Å². The van der Waals surface area contributed by atoms with Crippen LogP contribution in [0.25, 0.3) is 0 Å². The number of hydrogen-bond donors (Lipinski definition) is 0. The second-order valence-corrected chi connectivity index (χ2v) is 9.42. The number of sulfonamides is 1. The van der Waals surface area contributed by atoms with Gasteiger partial charge in [0.15, 0.2) is 0 Å². The molecule has 0 aliphatic rings. The lowest BCUT2D eigenvalue weighted by atomic mass is 10.2. The van der Waals surface area contributed by atoms with Gasteiger partial charge in [-0.2, -0.15) is 8.42 Å². The molecule has 27 heavy (non-hydrogen) atoms. The number of nitro groups is 1. The van der Waals surface area contributed by atoms with Gasteiger partial charge in [0.25, 0.3) is 15.7 Å². The predicted octanol–water partition coefficient (Wildman–Crippen LogP) is 4.05. The van der Waals surface area contributed by atoms with Gasteiger partial charge < -0.3 is 4.74 Å². The summed E-state index contributed by atoms with van der Waals surface area (Å²) in [6.07, 6.45) is 0. The molecule has 2 rings (SSSR count). The normalized spacial score (nSPS) is 14.0. The highest BCUT2D eigenvalue weighted by Crippen LogP contribution is 2.24. The zero-order valence-corrected chi connectivity index (χ0v) is 17.1. The van der Waals surface area contributed by atoms with Gasteiger partial charge in [-0.25, -0.2) is 0 Å². The van der Waals surface area contributed by atoms with Gasteiger partial charge in [0.2, 0.25) is 0 Å². The van der Waals surface area contributed by atoms with E-state index in [1.54, 1.807) is 25.1 Å². The Bertz CT molecular complexity index is 946. The van der Waals surface area contributed by atoms with Gasteiger partial charge in [0.05, 0.1) is 15.7 Å². The highest BCUT2D eigenvalue weighted by atomic mass is 35.5. The molecule has 0 spiro atoms. The number of aryl methyl sites for hydroxylation is 1. The number of nitrogens with zero attached hydrogens (tertiary/aromatic N) is 2. The Morgan fingerprint density at radius 1 is 1.26 bits per heavy atom. The summed E-state index contributed by atoms with van der Waals surface area (Å²) in [6, 6.07) is 12.0. The molecule has 0 fully saturated rings. The van der Waals surface area contributed by atoms with Crippen LogP contribution >= 0.6 is 11.6 Å². The van der Waals surface area contributed by atoms with Crippen molar-refractivity contribution in [2.45, 2.75) is 29.1 Å². The Labute approximate surface area is 165 Å². The summed E-state index contributed by atoms with van der Waals surface area (Å²) in [4.78, 5) is 11.0. The Morgan fingerprint density at radius 2 is 1.93 bits per heavy atom. The Hall–Kier alpha value is -1.81. The minimum atomic E-state index is -4.00. The minimum absolute atomic E-state index is 0.00738. The maximum atomic E-state index is 12.8. The molecular formula is C17H19ClN2O5S2. The van der Waals surface area contributed by atoms with Gasteiger partial charge >= 0.3 is 0 Å². The summed E-state index contributed by atoms with van der Waals surface area (Å²) in [5, 5.41) is 11.1. The summed E-state index contributed by atoms with van der Waals surface area (Å²) in [5.41, 5.74) is 0.0382. The molecule has 2 aromatic rings. The average Bonchev–Trinajstić information content (AvgIpc) is 2.65. The summed E-state index contributed by atoms with van der Waals surface area (Å²) in [7, 11) is -5.35. The van der Waals surface area contributed by atoms with Crippen LogP contribution in [0, 0.1) is 17.0 Å². The van der Waals surface area contributed by atoms with Crippen LogP contribution in [0.4, 0.5) is 5.69 Å². The number of halogens is 1. The molecule has 2 aromatic carbocycles. The van der Waals surface area contributed by atoms with Crippen molar-refractivity contribution in [2.75, 3.05) is 12.5 Å². The van der Waals surface area contributed by atoms with Crippen LogP contribution in [-0.4, -0.2) is 31.3 Å². The molecule has 0 aliphatic heterocycles. The molecule has 10 heteroatoms. The van der Waals surface area contributed by atoms with E-state index in [-0.39, 0.29) is 16.5 Å². The van der Waals surface area contributed by atoms with Gasteiger partial charge in [0, 0.05) is 23.6 Å². The van der Waals surface area contributed by atoms with Crippen molar-refractivity contribution in [2.24, 2.45) is 3.77 Å². The molecule has 0 unspecified atom stereocenters. The number of nitro benzene ring substituents is 1. The lowest BCUT2D eigenvalue weighted by Gasteiger charge is -2.18. The number of rotatable bonds is 8. The molecule has 0 bridgehead atoms. The lowest BCUT2D eigenvalue weighted by Crippen LogP contribution is -2.22. The van der Waals surface area contributed by atoms with Crippen LogP contribution in [0.15, 0.2) is 62.1 Å². The molecule has 0 heterocycles. The molecule has 2 atom stereocenters. The molecule has 0 saturated carbocycles. The fourth-order valence-electron chi connectivity index (χ4n) is 2.18. The van der Waals surface area contributed by atoms with E-state index in [1.165, 1.54) is 30.3 Å². The molecule has 0 amide bonds. The third kappa shape index (κ3) is 5.58. The van der Waals surface area contributed by atoms with Crippen LogP contribution in [-0.2, 0) is 25.5 Å². The van der Waals surface area contributed by atoms with Crippen LogP contribution < -0.4 is 0 Å². The van der Waals surface area contributed by atoms with E-state index < -0.39 is 31.1 Å². The Kier molecular flexibility index (Phi) is 7.49. The van der Waals surface area contributed by atoms with Crippen LogP contribution in [0.1, 0.15) is 12.5 Å². The second kappa shape index (κ2) is 9.41. The monoisotopic (exact) mass is 430 g/mol. The largest absolute Gasteiger partial charge is 0.365 e. The van der Waals surface area contributed by atoms with Crippen molar-refractivity contribution in [3.05, 3.63) is 64.2 Å². The van der Waals surface area contributed by atoms with E-state index in [4.69, 9.17) is 16.3 Å². The van der Waals surface area contributed by atoms with E-state index >= 15 is 0 Å². The summed E-state index contributed by atoms with van der Waals surface area (Å²) in [6.45, 7) is 3.90. The van der Waals surface area contributed by atoms with E-state index in [0.717, 1.165) is 5.56 Å². The zero-order chi connectivity index (χ0) is 20.0. The highest BCUT2D eigenvalue weighted by Gasteiger charge is 2.23. The molecular weight excluding hydrogens is 412 g/mol. The van der Waals surface area contributed by atoms with Crippen LogP contribution in [0.5, 0.6) is 0 Å². The first kappa shape index (κ1) is 21.5. The lowest BCUT2D eigenvalue weighted by molar-refractivity contribution is -0.385. The first-order chi connectivity index (χ1) is 12.8. The maximum absolute atomic E-state index is 12.8. The van der Waals surface area contributed by atoms with Gasteiger partial charge in [-0.1, -0.05) is 23.8 Å². The summed E-state index contributed by atoms with van der Waals surface area (Å²) < 4.78 is 35.2. The van der Waals surface area contributed by atoms with E-state index in [1.807, 2.05) is 6.92 Å². The van der Waals surface area contributed by atoms with Crippen molar-refractivity contribution in [3.63, 3.8) is 0 Å². The van der Waals surface area contributed by atoms with Crippen molar-refractivity contribution < 1.29 is 18.1 Å². The molecule has 0 aliphatic carbocycles. The zero-order valence-electron chi connectivity index (χ0n) is 14.7. The smallest absolute Gasteiger partial charge is 0.288 e. The van der Waals surface area contributed by atoms with E-state index in [9.17, 15) is 18.5 Å². The third-order valence-electron chi connectivity index (χ3n) is 3.49. The molecule has 0 aromatic heterocycles. The fraction of sp³-hybridized carbons (Fsp3) is 0.294. The van der Waals surface area contributed by atoms with Crippen molar-refractivity contribution in [1.82, 2.24) is 0 Å². The van der Waals surface area contributed by atoms with Gasteiger partial charge in [0.1, 0.15) is 5.44 Å². The second-order valence-electron chi connectivity index (χ2n) is 5.47. The number of non-ortho nitro benzene ring substituents is 1.